The van der Waals surface area contributed by atoms with Crippen molar-refractivity contribution in [1.82, 2.24) is 0 Å². The van der Waals surface area contributed by atoms with E-state index in [9.17, 15) is 35.9 Å². The number of carbonyl (C=O) groups excluding carboxylic acids is 2. The zero-order chi connectivity index (χ0) is 33.0. The number of cyclic esters (lactones) is 2. The first kappa shape index (κ1) is 30.6. The highest BCUT2D eigenvalue weighted by atomic mass is 19.4. The van der Waals surface area contributed by atoms with Gasteiger partial charge in [0.1, 0.15) is 11.5 Å². The van der Waals surface area contributed by atoms with Gasteiger partial charge in [-0.1, -0.05) is 29.8 Å². The predicted molar refractivity (Wildman–Crippen MR) is 153 cm³/mol. The van der Waals surface area contributed by atoms with E-state index in [2.05, 4.69) is 9.98 Å². The van der Waals surface area contributed by atoms with E-state index >= 15 is 0 Å². The molecule has 2 aliphatic heterocycles. The third-order valence-electron chi connectivity index (χ3n) is 7.56. The summed E-state index contributed by atoms with van der Waals surface area (Å²) in [6.07, 6.45) is -11.9. The van der Waals surface area contributed by atoms with Crippen molar-refractivity contribution in [2.75, 3.05) is 7.05 Å². The van der Waals surface area contributed by atoms with Gasteiger partial charge in [-0.25, -0.2) is 14.6 Å². The summed E-state index contributed by atoms with van der Waals surface area (Å²) in [7, 11) is 1.17. The topological polar surface area (TPSA) is 86.5 Å². The molecule has 0 amide bonds. The molecule has 0 radical (unpaired) electrons. The van der Waals surface area contributed by atoms with Gasteiger partial charge in [0.2, 0.25) is 17.2 Å². The number of halogens is 6. The van der Waals surface area contributed by atoms with Crippen LogP contribution in [0.2, 0.25) is 0 Å². The van der Waals surface area contributed by atoms with Gasteiger partial charge in [0.25, 0.3) is 0 Å². The Hall–Kier alpha value is -5.46. The highest BCUT2D eigenvalue weighted by Gasteiger charge is 2.72. The minimum Gasteiger partial charge on any atom is -0.457 e. The fourth-order valence-electron chi connectivity index (χ4n) is 5.34. The fourth-order valence-corrected chi connectivity index (χ4v) is 5.34. The number of fused-ring (bicyclic) bond motifs is 2. The number of hydrogen-bond acceptors (Lipinski definition) is 7. The standard InChI is InChI=1S/C33H20F6N2O5/c1-17-3-9-21(10-4-17)44-22-11-7-20(8-12-22)41-28-23-13-5-19(16-26(23)30(43)46-28)31(32(34,35)36,33(37,38)39)18-6-14-24-25(15-18)27(40-2)45-29(24)42/h3-16H,1-2H3. The molecule has 0 fully saturated rings. The Morgan fingerprint density at radius 3 is 1.67 bits per heavy atom. The van der Waals surface area contributed by atoms with Gasteiger partial charge in [-0.15, -0.1) is 0 Å². The first-order chi connectivity index (χ1) is 21.7. The maximum Gasteiger partial charge on any atom is 0.411 e. The van der Waals surface area contributed by atoms with Crippen molar-refractivity contribution >= 4 is 29.4 Å². The van der Waals surface area contributed by atoms with Crippen LogP contribution in [0.1, 0.15) is 48.5 Å². The molecular formula is C33H20F6N2O5. The largest absolute Gasteiger partial charge is 0.457 e. The zero-order valence-corrected chi connectivity index (χ0v) is 23.8. The molecule has 234 valence electrons. The number of esters is 2. The molecule has 0 unspecified atom stereocenters. The number of aryl methyl sites for hydroxylation is 1. The molecule has 0 N–H and O–H groups in total. The molecule has 0 spiro atoms. The van der Waals surface area contributed by atoms with E-state index in [1.165, 1.54) is 19.2 Å². The molecule has 6 rings (SSSR count). The summed E-state index contributed by atoms with van der Waals surface area (Å²) in [6, 6.07) is 17.6. The van der Waals surface area contributed by atoms with Gasteiger partial charge in [0.05, 0.1) is 27.9 Å². The second-order valence-electron chi connectivity index (χ2n) is 10.4. The summed E-state index contributed by atoms with van der Waals surface area (Å²) in [5.74, 6) is -1.81. The Morgan fingerprint density at radius 2 is 1.11 bits per heavy atom. The third kappa shape index (κ3) is 4.97. The summed E-state index contributed by atoms with van der Waals surface area (Å²) in [5.41, 5.74) is -7.02. The second kappa shape index (κ2) is 10.9. The molecule has 0 bridgehead atoms. The van der Waals surface area contributed by atoms with Gasteiger partial charge in [-0.3, -0.25) is 4.99 Å². The van der Waals surface area contributed by atoms with Crippen LogP contribution in [-0.2, 0) is 14.9 Å². The third-order valence-corrected chi connectivity index (χ3v) is 7.56. The Balaban J connectivity index is 1.40. The highest BCUT2D eigenvalue weighted by Crippen LogP contribution is 2.57. The molecule has 0 saturated heterocycles. The van der Waals surface area contributed by atoms with Crippen molar-refractivity contribution in [3.05, 3.63) is 124 Å². The first-order valence-electron chi connectivity index (χ1n) is 13.5. The lowest BCUT2D eigenvalue weighted by Gasteiger charge is -2.38. The Bertz CT molecular complexity index is 1930. The van der Waals surface area contributed by atoms with E-state index in [0.717, 1.165) is 17.7 Å². The predicted octanol–water partition coefficient (Wildman–Crippen LogP) is 7.99. The molecule has 2 aliphatic rings. The van der Waals surface area contributed by atoms with E-state index in [0.29, 0.717) is 35.8 Å². The molecule has 0 saturated carbocycles. The maximum atomic E-state index is 14.9. The summed E-state index contributed by atoms with van der Waals surface area (Å²) >= 11 is 0. The summed E-state index contributed by atoms with van der Waals surface area (Å²) in [4.78, 5) is 32.7. The molecule has 13 heteroatoms. The van der Waals surface area contributed by atoms with Crippen molar-refractivity contribution in [1.29, 1.82) is 0 Å². The Labute approximate surface area is 256 Å². The smallest absolute Gasteiger partial charge is 0.411 e. The van der Waals surface area contributed by atoms with Crippen LogP contribution in [0.15, 0.2) is 94.9 Å². The normalized spacial score (nSPS) is 16.3. The van der Waals surface area contributed by atoms with Gasteiger partial charge < -0.3 is 14.2 Å². The maximum absolute atomic E-state index is 14.9. The van der Waals surface area contributed by atoms with Crippen molar-refractivity contribution < 1.29 is 50.1 Å². The number of rotatable bonds is 5. The van der Waals surface area contributed by atoms with Crippen LogP contribution in [-0.4, -0.2) is 43.1 Å². The molecule has 46 heavy (non-hydrogen) atoms. The SMILES string of the molecule is CN=C1OC(=O)c2ccc(C(c3ccc4c(c3)C(=O)OC4=Nc3ccc(Oc4ccc(C)cc4)cc3)(C(F)(F)F)C(F)(F)F)cc21. The number of carbonyl (C=O) groups is 2. The molecular weight excluding hydrogens is 618 g/mol. The van der Waals surface area contributed by atoms with Gasteiger partial charge in [-0.05, 0) is 78.7 Å². The highest BCUT2D eigenvalue weighted by molar-refractivity contribution is 6.18. The van der Waals surface area contributed by atoms with E-state index in [1.807, 2.05) is 19.1 Å². The lowest BCUT2D eigenvalue weighted by atomic mass is 9.71. The molecule has 2 heterocycles. The molecule has 0 aromatic heterocycles. The van der Waals surface area contributed by atoms with Gasteiger partial charge in [0.15, 0.2) is 0 Å². The molecule has 7 nitrogen and oxygen atoms in total. The van der Waals surface area contributed by atoms with Crippen molar-refractivity contribution in [3.63, 3.8) is 0 Å². The average molecular weight is 639 g/mol. The zero-order valence-electron chi connectivity index (χ0n) is 23.8. The van der Waals surface area contributed by atoms with Crippen LogP contribution in [0.25, 0.3) is 0 Å². The molecule has 0 atom stereocenters. The number of ether oxygens (including phenoxy) is 3. The minimum atomic E-state index is -5.96. The number of benzene rings is 4. The van der Waals surface area contributed by atoms with E-state index in [-0.39, 0.29) is 28.3 Å². The van der Waals surface area contributed by atoms with E-state index < -0.39 is 52.3 Å². The molecule has 4 aromatic carbocycles. The Kier molecular flexibility index (Phi) is 7.21. The van der Waals surface area contributed by atoms with Crippen LogP contribution >= 0.6 is 0 Å². The number of aliphatic imine (C=N–C) groups is 2. The average Bonchev–Trinajstić information content (AvgIpc) is 3.48. The van der Waals surface area contributed by atoms with Crippen molar-refractivity contribution in [3.8, 4) is 11.5 Å². The quantitative estimate of drug-likeness (QED) is 0.163. The summed E-state index contributed by atoms with van der Waals surface area (Å²) in [5, 5.41) is 0. The summed E-state index contributed by atoms with van der Waals surface area (Å²) in [6.45, 7) is 1.93. The van der Waals surface area contributed by atoms with E-state index in [1.54, 1.807) is 24.3 Å². The van der Waals surface area contributed by atoms with Crippen LogP contribution < -0.4 is 4.74 Å². The Morgan fingerprint density at radius 1 is 0.609 bits per heavy atom. The van der Waals surface area contributed by atoms with E-state index in [4.69, 9.17) is 14.2 Å². The van der Waals surface area contributed by atoms with Crippen LogP contribution in [0, 0.1) is 6.92 Å². The number of alkyl halides is 6. The lowest BCUT2D eigenvalue weighted by Crippen LogP contribution is -2.55. The fraction of sp³-hybridized carbons (Fsp3) is 0.152. The number of hydrogen-bond donors (Lipinski definition) is 0. The minimum absolute atomic E-state index is 0.0969. The van der Waals surface area contributed by atoms with Crippen LogP contribution in [0.3, 0.4) is 0 Å². The number of nitrogens with zero attached hydrogens (tertiary/aromatic N) is 2. The van der Waals surface area contributed by atoms with Crippen molar-refractivity contribution in [2.24, 2.45) is 9.98 Å². The monoisotopic (exact) mass is 638 g/mol. The molecule has 4 aromatic rings. The van der Waals surface area contributed by atoms with Crippen molar-refractivity contribution in [2.45, 2.75) is 24.7 Å². The molecule has 0 aliphatic carbocycles. The van der Waals surface area contributed by atoms with Gasteiger partial charge in [-0.2, -0.15) is 26.3 Å². The first-order valence-corrected chi connectivity index (χ1v) is 13.5. The van der Waals surface area contributed by atoms with Crippen LogP contribution in [0.5, 0.6) is 11.5 Å². The van der Waals surface area contributed by atoms with Crippen LogP contribution in [0.4, 0.5) is 32.0 Å². The second-order valence-corrected chi connectivity index (χ2v) is 10.4. The lowest BCUT2D eigenvalue weighted by molar-refractivity contribution is -0.288. The summed E-state index contributed by atoms with van der Waals surface area (Å²) < 4.78 is 105. The van der Waals surface area contributed by atoms with Gasteiger partial charge in [0, 0.05) is 7.05 Å². The van der Waals surface area contributed by atoms with Gasteiger partial charge >= 0.3 is 24.3 Å².